The summed E-state index contributed by atoms with van der Waals surface area (Å²) in [6.45, 7) is 0.967. The first kappa shape index (κ1) is 21.5. The molecule has 1 atom stereocenters. The summed E-state index contributed by atoms with van der Waals surface area (Å²) in [7, 11) is 0. The van der Waals surface area contributed by atoms with Gasteiger partial charge < -0.3 is 20.3 Å². The molecule has 0 spiro atoms. The van der Waals surface area contributed by atoms with E-state index >= 15 is 0 Å². The fourth-order valence-electron chi connectivity index (χ4n) is 4.32. The van der Waals surface area contributed by atoms with Gasteiger partial charge in [0.05, 0.1) is 23.6 Å². The summed E-state index contributed by atoms with van der Waals surface area (Å²) >= 11 is 0. The Morgan fingerprint density at radius 2 is 2.00 bits per heavy atom. The van der Waals surface area contributed by atoms with E-state index in [1.807, 2.05) is 29.3 Å². The molecule has 0 radical (unpaired) electrons. The molecule has 31 heavy (non-hydrogen) atoms. The summed E-state index contributed by atoms with van der Waals surface area (Å²) in [5.41, 5.74) is -1.04. The molecule has 3 N–H and O–H groups in total. The predicted octanol–water partition coefficient (Wildman–Crippen LogP) is 2.01. The monoisotopic (exact) mass is 433 g/mol. The van der Waals surface area contributed by atoms with Gasteiger partial charge in [0.2, 0.25) is 5.91 Å². The minimum atomic E-state index is -4.36. The molecule has 1 saturated heterocycles. The van der Waals surface area contributed by atoms with Crippen LogP contribution in [0.5, 0.6) is 0 Å². The number of piperidine rings is 1. The zero-order chi connectivity index (χ0) is 22.1. The van der Waals surface area contributed by atoms with Crippen LogP contribution in [0.3, 0.4) is 0 Å². The van der Waals surface area contributed by atoms with Crippen molar-refractivity contribution in [2.24, 2.45) is 0 Å². The van der Waals surface area contributed by atoms with Crippen LogP contribution in [0.25, 0.3) is 12.2 Å². The SMILES string of the molecule is O=C(CC1(O)CCN(C2=CCC=C(C(F)(F)F)C=C2)CC1)N[C@H]1C=c2cc[nH]c2=CC1. The zero-order valence-corrected chi connectivity index (χ0v) is 17.1. The number of hydrogen-bond donors (Lipinski definition) is 3. The quantitative estimate of drug-likeness (QED) is 0.681. The molecule has 1 aromatic rings. The van der Waals surface area contributed by atoms with Gasteiger partial charge in [-0.05, 0) is 49.1 Å². The number of carbonyl (C=O) groups excluding carboxylic acids is 1. The van der Waals surface area contributed by atoms with Crippen molar-refractivity contribution in [3.63, 3.8) is 0 Å². The first-order valence-corrected chi connectivity index (χ1v) is 10.5. The number of allylic oxidation sites excluding steroid dienone is 5. The summed E-state index contributed by atoms with van der Waals surface area (Å²) in [5.74, 6) is -0.197. The van der Waals surface area contributed by atoms with E-state index in [1.165, 1.54) is 12.2 Å². The average Bonchev–Trinajstić information content (AvgIpc) is 3.01. The van der Waals surface area contributed by atoms with Crippen LogP contribution in [-0.4, -0.2) is 51.8 Å². The highest BCUT2D eigenvalue weighted by Crippen LogP contribution is 2.31. The van der Waals surface area contributed by atoms with Crippen LogP contribution in [0.2, 0.25) is 0 Å². The summed E-state index contributed by atoms with van der Waals surface area (Å²) in [6.07, 6.45) is 8.74. The summed E-state index contributed by atoms with van der Waals surface area (Å²) in [5, 5.41) is 16.0. The Kier molecular flexibility index (Phi) is 5.83. The molecule has 0 bridgehead atoms. The second-order valence-electron chi connectivity index (χ2n) is 8.37. The number of hydrogen-bond acceptors (Lipinski definition) is 3. The van der Waals surface area contributed by atoms with Crippen molar-refractivity contribution < 1.29 is 23.1 Å². The number of aromatic amines is 1. The number of aliphatic hydroxyl groups is 1. The standard InChI is InChI=1S/C23H26F3N3O2/c24-23(25,26)17-2-1-3-19(6-4-17)29-12-9-22(31,10-13-29)15-21(30)28-18-5-7-20-16(14-18)8-11-27-20/h2-4,6-8,11,14,18,27,31H,1,5,9-10,12-13,15H2,(H,28,30)/t18-/m1/s1. The number of fused-ring (bicyclic) bond motifs is 1. The molecule has 0 unspecified atom stereocenters. The Labute approximate surface area is 178 Å². The van der Waals surface area contributed by atoms with Crippen LogP contribution < -0.4 is 15.9 Å². The second kappa shape index (κ2) is 8.42. The molecule has 166 valence electrons. The molecule has 1 aromatic heterocycles. The molecule has 1 amide bonds. The van der Waals surface area contributed by atoms with Crippen molar-refractivity contribution in [3.05, 3.63) is 58.4 Å². The Morgan fingerprint density at radius 3 is 2.74 bits per heavy atom. The Hall–Kier alpha value is -2.74. The van der Waals surface area contributed by atoms with Gasteiger partial charge in [-0.1, -0.05) is 24.3 Å². The Morgan fingerprint density at radius 1 is 1.23 bits per heavy atom. The van der Waals surface area contributed by atoms with Crippen molar-refractivity contribution in [3.8, 4) is 0 Å². The van der Waals surface area contributed by atoms with Crippen molar-refractivity contribution in [1.82, 2.24) is 15.2 Å². The number of amides is 1. The average molecular weight is 433 g/mol. The van der Waals surface area contributed by atoms with Gasteiger partial charge in [-0.3, -0.25) is 4.79 Å². The van der Waals surface area contributed by atoms with E-state index in [4.69, 9.17) is 0 Å². The smallest absolute Gasteiger partial charge is 0.389 e. The van der Waals surface area contributed by atoms with E-state index in [9.17, 15) is 23.1 Å². The minimum absolute atomic E-state index is 0.0137. The third-order valence-electron chi connectivity index (χ3n) is 6.09. The van der Waals surface area contributed by atoms with Gasteiger partial charge in [0, 0.05) is 30.3 Å². The van der Waals surface area contributed by atoms with Crippen LogP contribution in [0, 0.1) is 0 Å². The van der Waals surface area contributed by atoms with Crippen LogP contribution in [-0.2, 0) is 4.79 Å². The van der Waals surface area contributed by atoms with Gasteiger partial charge in [-0.15, -0.1) is 0 Å². The third kappa shape index (κ3) is 5.12. The lowest BCUT2D eigenvalue weighted by molar-refractivity contribution is -0.128. The van der Waals surface area contributed by atoms with E-state index in [-0.39, 0.29) is 24.8 Å². The molecule has 1 aliphatic heterocycles. The molecule has 5 nitrogen and oxygen atoms in total. The zero-order valence-electron chi connectivity index (χ0n) is 17.1. The number of halogens is 3. The predicted molar refractivity (Wildman–Crippen MR) is 112 cm³/mol. The van der Waals surface area contributed by atoms with Crippen LogP contribution in [0.15, 0.2) is 47.8 Å². The molecule has 1 fully saturated rings. The summed E-state index contributed by atoms with van der Waals surface area (Å²) in [4.78, 5) is 17.6. The fraction of sp³-hybridized carbons (Fsp3) is 0.435. The van der Waals surface area contributed by atoms with E-state index in [2.05, 4.69) is 10.3 Å². The number of H-pyrrole nitrogens is 1. The lowest BCUT2D eigenvalue weighted by Crippen LogP contribution is -2.48. The molecule has 2 heterocycles. The maximum atomic E-state index is 12.9. The number of nitrogens with zero attached hydrogens (tertiary/aromatic N) is 1. The number of nitrogens with one attached hydrogen (secondary N) is 2. The highest BCUT2D eigenvalue weighted by Gasteiger charge is 2.36. The summed E-state index contributed by atoms with van der Waals surface area (Å²) in [6, 6.07) is 1.85. The molecule has 0 saturated carbocycles. The first-order chi connectivity index (χ1) is 14.7. The first-order valence-electron chi connectivity index (χ1n) is 10.5. The number of carbonyl (C=O) groups is 1. The Balaban J connectivity index is 1.30. The normalized spacial score (nSPS) is 23.0. The topological polar surface area (TPSA) is 68.4 Å². The van der Waals surface area contributed by atoms with Crippen molar-refractivity contribution >= 4 is 18.1 Å². The number of rotatable bonds is 4. The highest BCUT2D eigenvalue weighted by molar-refractivity contribution is 5.78. The summed E-state index contributed by atoms with van der Waals surface area (Å²) < 4.78 is 38.7. The van der Waals surface area contributed by atoms with E-state index in [0.29, 0.717) is 32.4 Å². The van der Waals surface area contributed by atoms with E-state index < -0.39 is 17.4 Å². The van der Waals surface area contributed by atoms with Gasteiger partial charge in [0.1, 0.15) is 0 Å². The lowest BCUT2D eigenvalue weighted by Gasteiger charge is -2.39. The van der Waals surface area contributed by atoms with Crippen molar-refractivity contribution in [2.75, 3.05) is 13.1 Å². The highest BCUT2D eigenvalue weighted by atomic mass is 19.4. The lowest BCUT2D eigenvalue weighted by atomic mass is 9.87. The van der Waals surface area contributed by atoms with E-state index in [0.717, 1.165) is 22.3 Å². The van der Waals surface area contributed by atoms with Gasteiger partial charge in [0.25, 0.3) is 0 Å². The Bertz CT molecular complexity index is 1040. The molecule has 3 aliphatic rings. The second-order valence-corrected chi connectivity index (χ2v) is 8.37. The number of aromatic nitrogens is 1. The van der Waals surface area contributed by atoms with Crippen LogP contribution >= 0.6 is 0 Å². The number of alkyl halides is 3. The maximum absolute atomic E-state index is 12.9. The van der Waals surface area contributed by atoms with E-state index in [1.54, 1.807) is 6.08 Å². The molecule has 2 aliphatic carbocycles. The van der Waals surface area contributed by atoms with Gasteiger partial charge in [0.15, 0.2) is 0 Å². The van der Waals surface area contributed by atoms with Crippen LogP contribution in [0.1, 0.15) is 32.1 Å². The molecule has 8 heteroatoms. The molecular formula is C23H26F3N3O2. The van der Waals surface area contributed by atoms with Gasteiger partial charge >= 0.3 is 6.18 Å². The largest absolute Gasteiger partial charge is 0.416 e. The van der Waals surface area contributed by atoms with Crippen LogP contribution in [0.4, 0.5) is 13.2 Å². The molecule has 4 rings (SSSR count). The van der Waals surface area contributed by atoms with Gasteiger partial charge in [-0.25, -0.2) is 0 Å². The maximum Gasteiger partial charge on any atom is 0.416 e. The fourth-order valence-corrected chi connectivity index (χ4v) is 4.32. The minimum Gasteiger partial charge on any atom is -0.389 e. The van der Waals surface area contributed by atoms with Crippen molar-refractivity contribution in [1.29, 1.82) is 0 Å². The number of likely N-dealkylation sites (tertiary alicyclic amines) is 1. The molecule has 0 aromatic carbocycles. The van der Waals surface area contributed by atoms with Gasteiger partial charge in [-0.2, -0.15) is 13.2 Å². The van der Waals surface area contributed by atoms with Crippen molar-refractivity contribution in [2.45, 2.75) is 49.9 Å². The molecular weight excluding hydrogens is 407 g/mol. The third-order valence-corrected chi connectivity index (χ3v) is 6.09.